The van der Waals surface area contributed by atoms with E-state index in [1.54, 1.807) is 0 Å². The number of hydrogen-bond donors (Lipinski definition) is 20. The van der Waals surface area contributed by atoms with Crippen molar-refractivity contribution in [1.82, 2.24) is 16.0 Å². The smallest absolute Gasteiger partial charge is 0.217 e. The first kappa shape index (κ1) is 62.5. The molecule has 76 heavy (non-hydrogen) atoms. The molecule has 0 saturated carbocycles. The molecule has 0 bridgehead atoms. The van der Waals surface area contributed by atoms with E-state index in [2.05, 4.69) is 16.0 Å². The normalized spacial score (nSPS) is 48.2. The molecule has 6 aliphatic rings. The largest absolute Gasteiger partial charge is 0.394 e. The van der Waals surface area contributed by atoms with Gasteiger partial charge in [-0.2, -0.15) is 0 Å². The fraction of sp³-hybridized carbons (Fsp3) is 0.929. The van der Waals surface area contributed by atoms with Crippen LogP contribution in [0.1, 0.15) is 20.8 Å². The number of aliphatic hydroxyl groups excluding tert-OH is 17. The van der Waals surface area contributed by atoms with Crippen LogP contribution in [0.25, 0.3) is 0 Å². The fourth-order valence-electron chi connectivity index (χ4n) is 9.61. The van der Waals surface area contributed by atoms with E-state index in [-0.39, 0.29) is 0 Å². The molecule has 6 fully saturated rings. The van der Waals surface area contributed by atoms with Crippen LogP contribution in [-0.2, 0) is 66.5 Å². The molecule has 0 aromatic carbocycles. The highest BCUT2D eigenvalue weighted by molar-refractivity contribution is 5.74. The summed E-state index contributed by atoms with van der Waals surface area (Å²) in [6, 6.07) is -5.04. The van der Waals surface area contributed by atoms with Crippen LogP contribution in [-0.4, -0.2) is 328 Å². The Hall–Kier alpha value is -2.71. The maximum atomic E-state index is 12.6. The molecule has 440 valence electrons. The first-order chi connectivity index (χ1) is 35.9. The summed E-state index contributed by atoms with van der Waals surface area (Å²) in [6.45, 7) is -2.69. The van der Waals surface area contributed by atoms with Gasteiger partial charge in [-0.3, -0.25) is 14.4 Å². The molecule has 6 saturated heterocycles. The Morgan fingerprint density at radius 3 is 1.17 bits per heavy atom. The van der Waals surface area contributed by atoms with Crippen molar-refractivity contribution in [3.05, 3.63) is 0 Å². The van der Waals surface area contributed by atoms with Crippen LogP contribution in [0, 0.1) is 0 Å². The second-order valence-electron chi connectivity index (χ2n) is 19.0. The van der Waals surface area contributed by atoms with E-state index in [4.69, 9.17) is 52.1 Å². The van der Waals surface area contributed by atoms with Crippen LogP contribution in [0.15, 0.2) is 0 Å². The van der Waals surface area contributed by atoms with Gasteiger partial charge in [0.1, 0.15) is 146 Å². The number of amides is 3. The van der Waals surface area contributed by atoms with Crippen LogP contribution in [0.3, 0.4) is 0 Å². The zero-order valence-corrected chi connectivity index (χ0v) is 40.9. The van der Waals surface area contributed by atoms with Crippen molar-refractivity contribution in [3.63, 3.8) is 0 Å². The molecule has 0 aromatic heterocycles. The highest BCUT2D eigenvalue weighted by Crippen LogP contribution is 2.36. The topological polar surface area (TPSA) is 533 Å². The molecule has 6 aliphatic heterocycles. The van der Waals surface area contributed by atoms with Crippen LogP contribution in [0.2, 0.25) is 0 Å². The van der Waals surface area contributed by atoms with Gasteiger partial charge in [0.25, 0.3) is 0 Å². The van der Waals surface area contributed by atoms with Crippen LogP contribution >= 0.6 is 0 Å². The van der Waals surface area contributed by atoms with E-state index >= 15 is 0 Å². The molecule has 34 nitrogen and oxygen atoms in total. The van der Waals surface area contributed by atoms with E-state index in [1.807, 2.05) is 0 Å². The molecular weight excluding hydrogens is 1040 g/mol. The highest BCUT2D eigenvalue weighted by atomic mass is 16.8. The van der Waals surface area contributed by atoms with Crippen molar-refractivity contribution < 1.29 is 153 Å². The number of carbonyl (C=O) groups excluding carboxylic acids is 3. The first-order valence-corrected chi connectivity index (χ1v) is 24.1. The number of nitrogens with one attached hydrogen (secondary N) is 3. The first-order valence-electron chi connectivity index (χ1n) is 24.1. The fourth-order valence-corrected chi connectivity index (χ4v) is 9.61. The van der Waals surface area contributed by atoms with Crippen molar-refractivity contribution in [3.8, 4) is 0 Å². The molecule has 0 aliphatic carbocycles. The molecule has 1 unspecified atom stereocenters. The van der Waals surface area contributed by atoms with E-state index in [1.165, 1.54) is 0 Å². The minimum absolute atomic E-state index is 0.749. The number of carbonyl (C=O) groups is 3. The number of rotatable bonds is 19. The van der Waals surface area contributed by atoms with Crippen molar-refractivity contribution in [2.75, 3.05) is 39.6 Å². The Morgan fingerprint density at radius 2 is 0.671 bits per heavy atom. The summed E-state index contributed by atoms with van der Waals surface area (Å²) >= 11 is 0. The van der Waals surface area contributed by atoms with Gasteiger partial charge in [0.05, 0.1) is 39.6 Å². The number of aliphatic hydroxyl groups is 17. The predicted molar refractivity (Wildman–Crippen MR) is 234 cm³/mol. The summed E-state index contributed by atoms with van der Waals surface area (Å²) in [6.07, 6.45) is -51.4. The standard InChI is InChI=1S/C42H71N3O31/c1-10(51)43-19-26(58)33(16(7-49)67-37(19)65)74-41-32(64)30(62)35(73-38-20(44-11(2)52)25(57)22(54)13(4-46)68-38)18(72-41)9-66-42-36(29(61)24(56)15(6-48)70-42)76-39-21(45-12(3)53)27(59)34(17(8-50)71-39)75-40-31(63)28(60)23(55)14(5-47)69-40/h13-42,46-50,54-65H,4-9H2,1-3H3,(H,43,51)(H,44,52)(H,45,53)/t13-,14-,15-,16-,17-,18-,19-,20-,21-,22-,23+,24-,25-,26-,27-,28+,29+,30-,31-,32+,33-,34-,35-,36+,37?,38+,39+,40+,41+,42+/m1/s1. The number of hydrogen-bond acceptors (Lipinski definition) is 31. The van der Waals surface area contributed by atoms with Gasteiger partial charge in [0.15, 0.2) is 37.7 Å². The molecule has 6 heterocycles. The molecule has 0 radical (unpaired) electrons. The van der Waals surface area contributed by atoms with Crippen molar-refractivity contribution >= 4 is 17.7 Å². The minimum Gasteiger partial charge on any atom is -0.394 e. The zero-order valence-electron chi connectivity index (χ0n) is 40.9. The summed E-state index contributed by atoms with van der Waals surface area (Å²) in [5.41, 5.74) is 0. The summed E-state index contributed by atoms with van der Waals surface area (Å²) in [5.74, 6) is -2.39. The van der Waals surface area contributed by atoms with Gasteiger partial charge in [-0.1, -0.05) is 0 Å². The third-order valence-electron chi connectivity index (χ3n) is 13.6. The minimum atomic E-state index is -2.24. The molecule has 30 atom stereocenters. The Balaban J connectivity index is 1.31. The summed E-state index contributed by atoms with van der Waals surface area (Å²) < 4.78 is 63.9. The van der Waals surface area contributed by atoms with Gasteiger partial charge in [0.2, 0.25) is 17.7 Å². The van der Waals surface area contributed by atoms with Gasteiger partial charge < -0.3 is 155 Å². The molecule has 34 heteroatoms. The van der Waals surface area contributed by atoms with E-state index in [0.29, 0.717) is 0 Å². The summed E-state index contributed by atoms with van der Waals surface area (Å²) in [7, 11) is 0. The lowest BCUT2D eigenvalue weighted by molar-refractivity contribution is -0.384. The van der Waals surface area contributed by atoms with E-state index in [0.717, 1.165) is 20.8 Å². The zero-order chi connectivity index (χ0) is 56.2. The maximum absolute atomic E-state index is 12.6. The quantitative estimate of drug-likeness (QED) is 0.0571. The van der Waals surface area contributed by atoms with Gasteiger partial charge in [-0.15, -0.1) is 0 Å². The Morgan fingerprint density at radius 1 is 0.342 bits per heavy atom. The maximum Gasteiger partial charge on any atom is 0.217 e. The van der Waals surface area contributed by atoms with Gasteiger partial charge in [-0.05, 0) is 0 Å². The Labute approximate surface area is 431 Å². The average molecular weight is 1110 g/mol. The van der Waals surface area contributed by atoms with Gasteiger partial charge in [0, 0.05) is 20.8 Å². The second-order valence-corrected chi connectivity index (χ2v) is 19.0. The molecule has 6 rings (SSSR count). The molecule has 20 N–H and O–H groups in total. The molecular formula is C42H71N3O31. The van der Waals surface area contributed by atoms with Gasteiger partial charge in [-0.25, -0.2) is 0 Å². The predicted octanol–water partition coefficient (Wildman–Crippen LogP) is -13.7. The summed E-state index contributed by atoms with van der Waals surface area (Å²) in [4.78, 5) is 36.8. The lowest BCUT2D eigenvalue weighted by Crippen LogP contribution is -2.70. The van der Waals surface area contributed by atoms with E-state index < -0.39 is 241 Å². The SMILES string of the molecule is CC(=O)N[C@H]1[C@H](O[C@@H]2[C@@H](OC[C@H]3O[C@@H](O[C@H]4[C@H](O)[C@@H](NC(C)=O)C(O)O[C@@H]4CO)[C@@H](O)[C@@H](O)[C@@H]3O[C@@H]3O[C@H](CO)[C@@H](O)[C@H](O)[C@H]3NC(C)=O)O[C@H](CO)[C@@H](O)[C@@H]2O)O[C@H](CO)[C@@H](O[C@@H]2O[C@H](CO)[C@H](O)[C@H](O)[C@H]2O)[C@@H]1O. The van der Waals surface area contributed by atoms with Gasteiger partial charge >= 0.3 is 0 Å². The molecule has 3 amide bonds. The third-order valence-corrected chi connectivity index (χ3v) is 13.6. The average Bonchev–Trinajstić information content (AvgIpc) is 3.38. The lowest BCUT2D eigenvalue weighted by atomic mass is 9.94. The lowest BCUT2D eigenvalue weighted by Gasteiger charge is -2.50. The monoisotopic (exact) mass is 1110 g/mol. The third kappa shape index (κ3) is 13.7. The van der Waals surface area contributed by atoms with Crippen LogP contribution < -0.4 is 16.0 Å². The van der Waals surface area contributed by atoms with Crippen LogP contribution in [0.5, 0.6) is 0 Å². The van der Waals surface area contributed by atoms with Crippen molar-refractivity contribution in [2.24, 2.45) is 0 Å². The second kappa shape index (κ2) is 27.2. The van der Waals surface area contributed by atoms with E-state index in [9.17, 15) is 101 Å². The van der Waals surface area contributed by atoms with Crippen molar-refractivity contribution in [1.29, 1.82) is 0 Å². The van der Waals surface area contributed by atoms with Crippen LogP contribution in [0.4, 0.5) is 0 Å². The Bertz CT molecular complexity index is 1870. The summed E-state index contributed by atoms with van der Waals surface area (Å²) in [5, 5.41) is 190. The Kier molecular flexibility index (Phi) is 22.3. The molecule has 0 aromatic rings. The molecule has 0 spiro atoms. The van der Waals surface area contributed by atoms with Crippen molar-refractivity contribution in [2.45, 2.75) is 205 Å². The highest BCUT2D eigenvalue weighted by Gasteiger charge is 2.57. The number of ether oxygens (including phenoxy) is 11.